The highest BCUT2D eigenvalue weighted by Crippen LogP contribution is 2.26. The van der Waals surface area contributed by atoms with Gasteiger partial charge in [-0.15, -0.1) is 0 Å². The van der Waals surface area contributed by atoms with Gasteiger partial charge in [0.05, 0.1) is 37.4 Å². The highest BCUT2D eigenvalue weighted by molar-refractivity contribution is 6.22. The van der Waals surface area contributed by atoms with E-state index in [-0.39, 0.29) is 36.5 Å². The fourth-order valence-corrected chi connectivity index (χ4v) is 5.86. The Morgan fingerprint density at radius 3 is 1.30 bits per heavy atom. The smallest absolute Gasteiger partial charge is 0.292 e. The van der Waals surface area contributed by atoms with Crippen LogP contribution in [0.2, 0.25) is 0 Å². The maximum Gasteiger partial charge on any atom is 0.292 e. The minimum absolute atomic E-state index is 0.171. The van der Waals surface area contributed by atoms with Crippen molar-refractivity contribution in [1.82, 2.24) is 0 Å². The number of carbonyl (C=O) groups excluding carboxylic acids is 4. The number of imide groups is 2. The molecule has 40 heavy (non-hydrogen) atoms. The van der Waals surface area contributed by atoms with Crippen LogP contribution in [0.25, 0.3) is 0 Å². The highest BCUT2D eigenvalue weighted by Gasteiger charge is 2.50. The lowest BCUT2D eigenvalue weighted by Gasteiger charge is -2.34. The predicted molar refractivity (Wildman–Crippen MR) is 148 cm³/mol. The van der Waals surface area contributed by atoms with Crippen LogP contribution in [0.3, 0.4) is 0 Å². The summed E-state index contributed by atoms with van der Waals surface area (Å²) in [4.78, 5) is 57.0. The predicted octanol–water partition coefficient (Wildman–Crippen LogP) is 0.0116. The molecule has 4 amide bonds. The van der Waals surface area contributed by atoms with E-state index in [9.17, 15) is 19.2 Å². The molecule has 0 unspecified atom stereocenters. The van der Waals surface area contributed by atoms with Gasteiger partial charge >= 0.3 is 0 Å². The van der Waals surface area contributed by atoms with E-state index in [2.05, 4.69) is 0 Å². The number of amides is 4. The maximum absolute atomic E-state index is 13.3. The average molecular weight is 551 g/mol. The molecule has 3 saturated heterocycles. The molecule has 2 atom stereocenters. The first kappa shape index (κ1) is 27.8. The van der Waals surface area contributed by atoms with Crippen molar-refractivity contribution in [2.75, 3.05) is 49.2 Å². The van der Waals surface area contributed by atoms with E-state index in [1.54, 1.807) is 48.5 Å². The maximum atomic E-state index is 13.3. The molecule has 3 aliphatic rings. The molecule has 5 rings (SSSR count). The van der Waals surface area contributed by atoms with Crippen molar-refractivity contribution in [2.24, 2.45) is 0 Å². The van der Waals surface area contributed by atoms with Crippen molar-refractivity contribution in [2.45, 2.75) is 51.6 Å². The molecular weight excluding hydrogens is 512 g/mol. The van der Waals surface area contributed by atoms with E-state index in [0.29, 0.717) is 62.3 Å². The van der Waals surface area contributed by atoms with Crippen LogP contribution in [0.4, 0.5) is 11.4 Å². The van der Waals surface area contributed by atoms with Crippen LogP contribution in [-0.4, -0.2) is 75.1 Å². The summed E-state index contributed by atoms with van der Waals surface area (Å²) >= 11 is 0. The SMILES string of the molecule is CCCOc1ccc(N2C(=O)C[C@@H]([NH+]3CC[NH+]([C@@H]4CC(=O)N(c5ccc(OCCC)cc5)C4=O)CC3)C2=O)cc1. The molecule has 3 fully saturated rings. The number of carbonyl (C=O) groups is 4. The van der Waals surface area contributed by atoms with Crippen LogP contribution in [0.5, 0.6) is 11.5 Å². The number of rotatable bonds is 10. The fourth-order valence-electron chi connectivity index (χ4n) is 5.86. The number of nitrogens with one attached hydrogen (secondary N) is 2. The highest BCUT2D eigenvalue weighted by atomic mass is 16.5. The minimum Gasteiger partial charge on any atom is -0.494 e. The van der Waals surface area contributed by atoms with E-state index in [0.717, 1.165) is 22.6 Å². The number of anilines is 2. The van der Waals surface area contributed by atoms with Crippen LogP contribution in [0, 0.1) is 0 Å². The number of benzene rings is 2. The summed E-state index contributed by atoms with van der Waals surface area (Å²) in [5.41, 5.74) is 1.12. The third kappa shape index (κ3) is 5.59. The van der Waals surface area contributed by atoms with Crippen molar-refractivity contribution >= 4 is 35.0 Å². The van der Waals surface area contributed by atoms with E-state index in [1.807, 2.05) is 13.8 Å². The zero-order valence-corrected chi connectivity index (χ0v) is 23.2. The summed E-state index contributed by atoms with van der Waals surface area (Å²) in [5.74, 6) is 0.659. The van der Waals surface area contributed by atoms with Gasteiger partial charge in [0, 0.05) is 0 Å². The summed E-state index contributed by atoms with van der Waals surface area (Å²) in [6.07, 6.45) is 2.14. The van der Waals surface area contributed by atoms with Crippen molar-refractivity contribution in [3.05, 3.63) is 48.5 Å². The van der Waals surface area contributed by atoms with Gasteiger partial charge in [-0.05, 0) is 61.4 Å². The monoisotopic (exact) mass is 550 g/mol. The van der Waals surface area contributed by atoms with Crippen LogP contribution < -0.4 is 29.1 Å². The fraction of sp³-hybridized carbons (Fsp3) is 0.467. The summed E-state index contributed by atoms with van der Waals surface area (Å²) in [5, 5.41) is 0. The first-order valence-corrected chi connectivity index (χ1v) is 14.3. The average Bonchev–Trinajstić information content (AvgIpc) is 3.44. The van der Waals surface area contributed by atoms with Crippen LogP contribution >= 0.6 is 0 Å². The Labute approximate surface area is 234 Å². The zero-order chi connectivity index (χ0) is 28.2. The van der Waals surface area contributed by atoms with Crippen molar-refractivity contribution < 1.29 is 38.5 Å². The lowest BCUT2D eigenvalue weighted by molar-refractivity contribution is -1.02. The number of ether oxygens (including phenoxy) is 2. The second kappa shape index (κ2) is 12.2. The van der Waals surface area contributed by atoms with Crippen LogP contribution in [0.1, 0.15) is 39.5 Å². The largest absolute Gasteiger partial charge is 0.494 e. The second-order valence-electron chi connectivity index (χ2n) is 10.6. The third-order valence-electron chi connectivity index (χ3n) is 7.95. The summed E-state index contributed by atoms with van der Waals surface area (Å²) in [6, 6.07) is 13.3. The summed E-state index contributed by atoms with van der Waals surface area (Å²) in [7, 11) is 0. The molecular formula is C30H38N4O6+2. The van der Waals surface area contributed by atoms with Crippen molar-refractivity contribution in [3.63, 3.8) is 0 Å². The zero-order valence-electron chi connectivity index (χ0n) is 23.2. The topological polar surface area (TPSA) is 102 Å². The standard InChI is InChI=1S/C30H36N4O6/c1-3-17-39-23-9-5-21(6-10-23)33-27(35)19-25(29(33)37)31-13-15-32(16-14-31)26-20-28(36)34(30(26)38)22-7-11-24(12-8-22)40-18-4-2/h5-12,25-26H,3-4,13-20H2,1-2H3/p+2/t25-,26-/m1/s1. The summed E-state index contributed by atoms with van der Waals surface area (Å²) in [6.45, 7) is 7.89. The second-order valence-corrected chi connectivity index (χ2v) is 10.6. The molecule has 10 nitrogen and oxygen atoms in total. The van der Waals surface area contributed by atoms with Gasteiger partial charge in [-0.2, -0.15) is 0 Å². The summed E-state index contributed by atoms with van der Waals surface area (Å²) < 4.78 is 11.2. The van der Waals surface area contributed by atoms with Crippen LogP contribution in [0.15, 0.2) is 48.5 Å². The Bertz CT molecular complexity index is 1140. The van der Waals surface area contributed by atoms with E-state index in [1.165, 1.54) is 9.80 Å². The van der Waals surface area contributed by atoms with Gasteiger partial charge < -0.3 is 19.3 Å². The molecule has 0 aromatic heterocycles. The molecule has 0 radical (unpaired) electrons. The minimum atomic E-state index is -0.434. The van der Waals surface area contributed by atoms with Gasteiger partial charge in [0.1, 0.15) is 37.7 Å². The van der Waals surface area contributed by atoms with Gasteiger partial charge in [0.25, 0.3) is 11.8 Å². The molecule has 2 aromatic rings. The van der Waals surface area contributed by atoms with E-state index >= 15 is 0 Å². The molecule has 2 N–H and O–H groups in total. The number of piperazine rings is 1. The molecule has 2 aromatic carbocycles. The molecule has 3 heterocycles. The Morgan fingerprint density at radius 2 is 0.975 bits per heavy atom. The van der Waals surface area contributed by atoms with Crippen molar-refractivity contribution in [1.29, 1.82) is 0 Å². The van der Waals surface area contributed by atoms with Gasteiger partial charge in [-0.25, -0.2) is 9.80 Å². The number of quaternary nitrogens is 2. The molecule has 10 heteroatoms. The molecule has 3 aliphatic heterocycles. The normalized spacial score (nSPS) is 25.1. The molecule has 212 valence electrons. The molecule has 0 spiro atoms. The lowest BCUT2D eigenvalue weighted by Crippen LogP contribution is -3.31. The van der Waals surface area contributed by atoms with Gasteiger partial charge in [0.2, 0.25) is 11.8 Å². The molecule has 0 saturated carbocycles. The molecule has 0 aliphatic carbocycles. The van der Waals surface area contributed by atoms with Crippen molar-refractivity contribution in [3.8, 4) is 11.5 Å². The quantitative estimate of drug-likeness (QED) is 0.405. The first-order valence-electron chi connectivity index (χ1n) is 14.3. The van der Waals surface area contributed by atoms with Gasteiger partial charge in [0.15, 0.2) is 12.1 Å². The molecule has 0 bridgehead atoms. The Balaban J connectivity index is 1.18. The third-order valence-corrected chi connectivity index (χ3v) is 7.95. The van der Waals surface area contributed by atoms with E-state index in [4.69, 9.17) is 9.47 Å². The van der Waals surface area contributed by atoms with Gasteiger partial charge in [-0.1, -0.05) is 13.8 Å². The van der Waals surface area contributed by atoms with E-state index < -0.39 is 12.1 Å². The first-order chi connectivity index (χ1) is 19.4. The Kier molecular flexibility index (Phi) is 8.46. The lowest BCUT2D eigenvalue weighted by atomic mass is 10.1. The number of nitrogens with zero attached hydrogens (tertiary/aromatic N) is 2. The Morgan fingerprint density at radius 1 is 0.625 bits per heavy atom. The Hall–Kier alpha value is -3.76. The van der Waals surface area contributed by atoms with Crippen LogP contribution in [-0.2, 0) is 19.2 Å². The number of hydrogen-bond acceptors (Lipinski definition) is 6. The number of hydrogen-bond donors (Lipinski definition) is 2. The van der Waals surface area contributed by atoms with Gasteiger partial charge in [-0.3, -0.25) is 19.2 Å².